The maximum Gasteiger partial charge on any atom is 0.246 e. The van der Waals surface area contributed by atoms with E-state index in [9.17, 15) is 37.5 Å². The van der Waals surface area contributed by atoms with Gasteiger partial charge in [0.2, 0.25) is 38.6 Å². The number of Topliss-reactive ketones (excluding diaryl/α,β-unsaturated/α-hetero) is 1. The lowest BCUT2D eigenvalue weighted by atomic mass is 9.81. The summed E-state index contributed by atoms with van der Waals surface area (Å²) in [4.78, 5) is 79.1. The van der Waals surface area contributed by atoms with Gasteiger partial charge in [-0.3, -0.25) is 24.0 Å². The number of ether oxygens (including phenoxy) is 9. The Morgan fingerprint density at radius 2 is 1.52 bits per heavy atom. The fraction of sp³-hybridized carbons (Fsp3) is 0.779. The molecule has 2 unspecified atom stereocenters. The summed E-state index contributed by atoms with van der Waals surface area (Å²) in [6.07, 6.45) is 7.27. The van der Waals surface area contributed by atoms with Crippen LogP contribution in [0.4, 0.5) is 0 Å². The molecule has 10 fully saturated rings. The number of methoxy groups -OCH3 is 1. The van der Waals surface area contributed by atoms with Crippen molar-refractivity contribution in [3.63, 3.8) is 0 Å². The van der Waals surface area contributed by atoms with Gasteiger partial charge in [-0.05, 0) is 113 Å². The number of fused-ring (bicyclic) bond motifs is 6. The van der Waals surface area contributed by atoms with Crippen LogP contribution in [-0.4, -0.2) is 219 Å². The minimum Gasteiger partial charge on any atom is -0.391 e. The lowest BCUT2D eigenvalue weighted by molar-refractivity contribution is -0.292. The van der Waals surface area contributed by atoms with Crippen LogP contribution in [-0.2, 0) is 76.4 Å². The molecule has 1 aromatic rings. The summed E-state index contributed by atoms with van der Waals surface area (Å²) in [5, 5.41) is 22.5. The Hall–Kier alpha value is -4.82. The van der Waals surface area contributed by atoms with Gasteiger partial charge in [-0.25, -0.2) is 18.4 Å². The summed E-state index contributed by atoms with van der Waals surface area (Å²) in [6, 6.07) is -2.00. The summed E-state index contributed by atoms with van der Waals surface area (Å²) in [5.41, 5.74) is 2.46. The van der Waals surface area contributed by atoms with Gasteiger partial charge in [-0.2, -0.15) is 0 Å². The number of carbonyl (C=O) groups excluding carboxylic acids is 5. The molecule has 1 spiro atoms. The number of unbranched alkanes of at least 4 members (excludes halogenated alkanes) is 2. The number of nitrogens with one attached hydrogen (secondary N) is 4. The molecule has 12 bridgehead atoms. The predicted octanol–water partition coefficient (Wildman–Crippen LogP) is 4.26. The quantitative estimate of drug-likeness (QED) is 0.0442. The Morgan fingerprint density at radius 3 is 2.26 bits per heavy atom. The minimum atomic E-state index is -3.55. The van der Waals surface area contributed by atoms with E-state index in [1.54, 1.807) is 21.0 Å². The van der Waals surface area contributed by atoms with Gasteiger partial charge in [0, 0.05) is 89.6 Å². The molecule has 0 saturated carbocycles. The number of sulfone groups is 1. The lowest BCUT2D eigenvalue weighted by Crippen LogP contribution is -2.61. The maximum absolute atomic E-state index is 14.6. The standard InChI is InChI=1S/C68H101N7O17S/c1-10-75(11-2)26-16-15-18-49(73-66(81)58(38(3)4)74-56(78)19-14-12-13-17-42-34-71-67(72-35-42)93(9,82)83)65(80)70-37-57(79)69-36-44(77)31-54-59(84-8)48-30-43(76)29-46-21-23-51-60(87-46)64-63-62(89-51)61-55(90-63)33-68(91-61,92-64)25-24-47-28-40(6)50(85-47)22-20-45-27-39(5)41(7)52(86-45)32-53(48)88-54/h34-35,38-39,44-55,58-64,77H,6-7,10-12,14-16,18-33,36-37H2,1-5,8-9H3,(H,69,79)(H,70,80)(H,73,81)(H,74,78)/t39-,44+,45+,46-,47+,48+,49+,50?,51+,52-,53+,54-,55?,58+,59-,60+,61+,62+,63-,64+,68+/m1/s1. The Bertz CT molecular complexity index is 3000. The Morgan fingerprint density at radius 1 is 0.796 bits per heavy atom. The predicted molar refractivity (Wildman–Crippen MR) is 339 cm³/mol. The second-order valence-corrected chi connectivity index (χ2v) is 29.7. The van der Waals surface area contributed by atoms with Crippen LogP contribution in [0.2, 0.25) is 0 Å². The Labute approximate surface area is 548 Å². The van der Waals surface area contributed by atoms with Crippen molar-refractivity contribution >= 4 is 39.2 Å². The molecule has 25 heteroatoms. The van der Waals surface area contributed by atoms with E-state index in [0.29, 0.717) is 56.9 Å². The van der Waals surface area contributed by atoms with Crippen LogP contribution < -0.4 is 21.3 Å². The van der Waals surface area contributed by atoms with Crippen molar-refractivity contribution in [3.05, 3.63) is 42.3 Å². The van der Waals surface area contributed by atoms with Crippen LogP contribution in [0.25, 0.3) is 0 Å². The number of aliphatic hydroxyl groups excluding tert-OH is 1. The highest BCUT2D eigenvalue weighted by molar-refractivity contribution is 7.90. The highest BCUT2D eigenvalue weighted by Gasteiger charge is 2.69. The number of carbonyl (C=O) groups is 5. The van der Waals surface area contributed by atoms with Crippen molar-refractivity contribution in [1.29, 1.82) is 0 Å². The molecule has 11 rings (SSSR count). The van der Waals surface area contributed by atoms with Gasteiger partial charge in [-0.15, -0.1) is 0 Å². The third-order valence-corrected chi connectivity index (χ3v) is 21.4. The molecule has 0 aromatic carbocycles. The summed E-state index contributed by atoms with van der Waals surface area (Å²) >= 11 is 0. The van der Waals surface area contributed by atoms with E-state index in [1.165, 1.54) is 12.4 Å². The van der Waals surface area contributed by atoms with Crippen molar-refractivity contribution in [2.75, 3.05) is 46.1 Å². The number of hydrogen-bond donors (Lipinski definition) is 5. The van der Waals surface area contributed by atoms with Crippen LogP contribution in [0.3, 0.4) is 0 Å². The van der Waals surface area contributed by atoms with E-state index >= 15 is 0 Å². The Balaban J connectivity index is 0.752. The molecule has 10 saturated heterocycles. The highest BCUT2D eigenvalue weighted by Crippen LogP contribution is 2.54. The van der Waals surface area contributed by atoms with Crippen LogP contribution in [0.5, 0.6) is 0 Å². The first-order valence-corrected chi connectivity index (χ1v) is 36.1. The van der Waals surface area contributed by atoms with Gasteiger partial charge >= 0.3 is 0 Å². The highest BCUT2D eigenvalue weighted by atomic mass is 32.2. The first-order chi connectivity index (χ1) is 44.5. The summed E-state index contributed by atoms with van der Waals surface area (Å²) < 4.78 is 84.3. The van der Waals surface area contributed by atoms with Crippen molar-refractivity contribution in [2.24, 2.45) is 17.8 Å². The molecule has 10 aliphatic rings. The van der Waals surface area contributed by atoms with Crippen LogP contribution >= 0.6 is 0 Å². The second-order valence-electron chi connectivity index (χ2n) is 27.8. The smallest absolute Gasteiger partial charge is 0.246 e. The van der Waals surface area contributed by atoms with Crippen molar-refractivity contribution in [3.8, 4) is 11.8 Å². The topological polar surface area (TPSA) is 300 Å². The molecule has 93 heavy (non-hydrogen) atoms. The monoisotopic (exact) mass is 1320 g/mol. The third-order valence-electron chi connectivity index (χ3n) is 20.6. The number of rotatable bonds is 23. The average molecular weight is 1320 g/mol. The van der Waals surface area contributed by atoms with Crippen LogP contribution in [0, 0.1) is 29.6 Å². The number of aliphatic hydroxyl groups is 1. The van der Waals surface area contributed by atoms with Gasteiger partial charge < -0.3 is 73.9 Å². The zero-order valence-electron chi connectivity index (χ0n) is 55.4. The van der Waals surface area contributed by atoms with Crippen LogP contribution in [0.15, 0.2) is 41.9 Å². The van der Waals surface area contributed by atoms with Gasteiger partial charge in [0.1, 0.15) is 48.4 Å². The minimum absolute atomic E-state index is 0.00626. The first-order valence-electron chi connectivity index (χ1n) is 34.2. The number of amides is 4. The molecule has 516 valence electrons. The zero-order chi connectivity index (χ0) is 66.3. The molecular weight excluding hydrogens is 1220 g/mol. The fourth-order valence-electron chi connectivity index (χ4n) is 15.5. The Kier molecular flexibility index (Phi) is 24.1. The largest absolute Gasteiger partial charge is 0.391 e. The van der Waals surface area contributed by atoms with E-state index in [2.05, 4.69) is 81.9 Å². The average Bonchev–Trinajstić information content (AvgIpc) is 1.55. The number of ketones is 1. The number of nitrogens with zero attached hydrogens (tertiary/aromatic N) is 3. The van der Waals surface area contributed by atoms with Crippen molar-refractivity contribution < 1.29 is 80.1 Å². The number of hydrogen-bond acceptors (Lipinski definition) is 20. The van der Waals surface area contributed by atoms with E-state index in [4.69, 9.17) is 42.6 Å². The molecule has 10 aliphatic heterocycles. The van der Waals surface area contributed by atoms with E-state index in [-0.39, 0.29) is 128 Å². The van der Waals surface area contributed by atoms with E-state index in [1.807, 2.05) is 0 Å². The number of aromatic nitrogens is 2. The second kappa shape index (κ2) is 31.6. The van der Waals surface area contributed by atoms with Gasteiger partial charge in [0.25, 0.3) is 0 Å². The van der Waals surface area contributed by atoms with Crippen molar-refractivity contribution in [2.45, 2.75) is 277 Å². The molecular formula is C68H101N7O17S. The normalized spacial score (nSPS) is 35.0. The third kappa shape index (κ3) is 17.7. The first kappa shape index (κ1) is 71.0. The van der Waals surface area contributed by atoms with E-state index < -0.39 is 94.5 Å². The fourth-order valence-corrected chi connectivity index (χ4v) is 15.9. The molecule has 0 aliphatic carbocycles. The lowest BCUT2D eigenvalue weighted by Gasteiger charge is -2.47. The zero-order valence-corrected chi connectivity index (χ0v) is 56.2. The van der Waals surface area contributed by atoms with E-state index in [0.717, 1.165) is 75.6 Å². The van der Waals surface area contributed by atoms with Gasteiger partial charge in [0.15, 0.2) is 5.79 Å². The molecule has 5 N–H and O–H groups in total. The SMILES string of the molecule is C=C1C[C@@H]2CC[C@@]34CC5O[C@H]6[C@@H](O3)[C@H]3O[C@H](CC[C@@H]3O[C@H]6[C@H]5O4)CC(=O)C[C@@H]3[C@@H](OC)[C@@H](C[C@H](O)CNC(=O)CNC(=O)[C@H](CCCCN(CC)CC)NC(=O)[C@@H](NC(=O)CCCC#Cc4cnc(S(C)(=O)=O)nc4)C(C)C)O[C@H]3C[C@H]3O[C@@H](CCC1O2)C[C@@H](C)C3=C. The maximum atomic E-state index is 14.6. The summed E-state index contributed by atoms with van der Waals surface area (Å²) in [5.74, 6) is 2.24. The molecule has 1 aromatic heterocycles. The molecule has 24 nitrogen and oxygen atoms in total. The summed E-state index contributed by atoms with van der Waals surface area (Å²) in [7, 11) is -1.97. The van der Waals surface area contributed by atoms with Crippen LogP contribution in [0.1, 0.15) is 162 Å². The summed E-state index contributed by atoms with van der Waals surface area (Å²) in [6.45, 7) is 20.8. The van der Waals surface area contributed by atoms with Crippen molar-refractivity contribution in [1.82, 2.24) is 36.1 Å². The van der Waals surface area contributed by atoms with Gasteiger partial charge in [-0.1, -0.05) is 59.6 Å². The molecule has 21 atom stereocenters. The molecule has 11 heterocycles. The van der Waals surface area contributed by atoms with Gasteiger partial charge in [0.05, 0.1) is 79.3 Å². The molecule has 4 amide bonds. The molecule has 0 radical (unpaired) electrons.